The third-order valence-electron chi connectivity index (χ3n) is 2.97. The topological polar surface area (TPSA) is 76.4 Å². The van der Waals surface area contributed by atoms with E-state index in [1.165, 1.54) is 21.9 Å². The number of thiazole rings is 1. The maximum Gasteiger partial charge on any atom is 0.270 e. The van der Waals surface area contributed by atoms with E-state index in [-0.39, 0.29) is 11.1 Å². The molecule has 3 rings (SSSR count). The highest BCUT2D eigenvalue weighted by Crippen LogP contribution is 2.03. The van der Waals surface area contributed by atoms with Crippen LogP contribution in [0.4, 0.5) is 0 Å². The highest BCUT2D eigenvalue weighted by Gasteiger charge is 2.12. The number of hydrogen-bond donors (Lipinski definition) is 1. The molecule has 0 saturated carbocycles. The molecule has 7 heteroatoms. The van der Waals surface area contributed by atoms with E-state index in [1.807, 2.05) is 5.38 Å². The Morgan fingerprint density at radius 2 is 2.24 bits per heavy atom. The van der Waals surface area contributed by atoms with Crippen molar-refractivity contribution in [1.82, 2.24) is 19.7 Å². The van der Waals surface area contributed by atoms with Crippen LogP contribution in [-0.4, -0.2) is 26.8 Å². The SMILES string of the molecule is O=C(NCCc1nccs1)c1cnc2ccccn2c1=O. The molecule has 0 radical (unpaired) electrons. The molecule has 0 aromatic carbocycles. The Balaban J connectivity index is 1.75. The number of carbonyl (C=O) groups excluding carboxylic acids is 1. The van der Waals surface area contributed by atoms with Crippen LogP contribution in [0.15, 0.2) is 47.0 Å². The Hall–Kier alpha value is -2.54. The van der Waals surface area contributed by atoms with Crippen LogP contribution < -0.4 is 10.9 Å². The van der Waals surface area contributed by atoms with E-state index in [9.17, 15) is 9.59 Å². The number of nitrogens with zero attached hydrogens (tertiary/aromatic N) is 3. The van der Waals surface area contributed by atoms with Crippen LogP contribution in [0.3, 0.4) is 0 Å². The van der Waals surface area contributed by atoms with E-state index in [1.54, 1.807) is 30.6 Å². The fourth-order valence-corrected chi connectivity index (χ4v) is 2.56. The van der Waals surface area contributed by atoms with Gasteiger partial charge in [-0.25, -0.2) is 9.97 Å². The Kier molecular flexibility index (Phi) is 3.74. The van der Waals surface area contributed by atoms with Gasteiger partial charge in [-0.15, -0.1) is 11.3 Å². The molecule has 106 valence electrons. The first-order valence-corrected chi connectivity index (χ1v) is 7.26. The molecule has 0 saturated heterocycles. The van der Waals surface area contributed by atoms with Gasteiger partial charge in [-0.3, -0.25) is 14.0 Å². The van der Waals surface area contributed by atoms with Gasteiger partial charge in [0.25, 0.3) is 11.5 Å². The fourth-order valence-electron chi connectivity index (χ4n) is 1.94. The van der Waals surface area contributed by atoms with Gasteiger partial charge >= 0.3 is 0 Å². The molecule has 0 atom stereocenters. The van der Waals surface area contributed by atoms with Crippen LogP contribution in [0.1, 0.15) is 15.4 Å². The molecular formula is C14H12N4O2S. The van der Waals surface area contributed by atoms with Gasteiger partial charge in [-0.2, -0.15) is 0 Å². The van der Waals surface area contributed by atoms with E-state index < -0.39 is 5.91 Å². The van der Waals surface area contributed by atoms with E-state index in [0.29, 0.717) is 18.6 Å². The maximum absolute atomic E-state index is 12.2. The maximum atomic E-state index is 12.2. The van der Waals surface area contributed by atoms with Crippen molar-refractivity contribution in [2.75, 3.05) is 6.54 Å². The van der Waals surface area contributed by atoms with Crippen LogP contribution in [0.2, 0.25) is 0 Å². The summed E-state index contributed by atoms with van der Waals surface area (Å²) in [4.78, 5) is 32.5. The third-order valence-corrected chi connectivity index (χ3v) is 3.81. The van der Waals surface area contributed by atoms with Gasteiger partial charge in [0.1, 0.15) is 11.2 Å². The fraction of sp³-hybridized carbons (Fsp3) is 0.143. The summed E-state index contributed by atoms with van der Waals surface area (Å²) in [5.41, 5.74) is 0.187. The quantitative estimate of drug-likeness (QED) is 0.783. The van der Waals surface area contributed by atoms with Crippen molar-refractivity contribution in [3.8, 4) is 0 Å². The molecule has 0 aliphatic heterocycles. The molecule has 0 fully saturated rings. The monoisotopic (exact) mass is 300 g/mol. The van der Waals surface area contributed by atoms with Gasteiger partial charge in [0.05, 0.1) is 5.01 Å². The lowest BCUT2D eigenvalue weighted by Crippen LogP contribution is -2.32. The summed E-state index contributed by atoms with van der Waals surface area (Å²) in [5, 5.41) is 5.55. The van der Waals surface area contributed by atoms with Crippen molar-refractivity contribution >= 4 is 22.9 Å². The first-order valence-electron chi connectivity index (χ1n) is 6.38. The van der Waals surface area contributed by atoms with Gasteiger partial charge in [0.2, 0.25) is 0 Å². The molecule has 21 heavy (non-hydrogen) atoms. The summed E-state index contributed by atoms with van der Waals surface area (Å²) in [6.45, 7) is 0.434. The number of nitrogens with one attached hydrogen (secondary N) is 1. The molecule has 1 amide bonds. The average Bonchev–Trinajstić information content (AvgIpc) is 3.01. The molecule has 0 bridgehead atoms. The molecule has 3 aromatic heterocycles. The minimum Gasteiger partial charge on any atom is -0.351 e. The van der Waals surface area contributed by atoms with Crippen LogP contribution in [0.25, 0.3) is 5.65 Å². The lowest BCUT2D eigenvalue weighted by Gasteiger charge is -2.05. The van der Waals surface area contributed by atoms with Gasteiger partial charge in [0.15, 0.2) is 0 Å². The highest BCUT2D eigenvalue weighted by atomic mass is 32.1. The van der Waals surface area contributed by atoms with E-state index >= 15 is 0 Å². The first-order chi connectivity index (χ1) is 10.3. The second kappa shape index (κ2) is 5.84. The molecule has 6 nitrogen and oxygen atoms in total. The Morgan fingerprint density at radius 1 is 1.33 bits per heavy atom. The number of aromatic nitrogens is 3. The van der Waals surface area contributed by atoms with Crippen molar-refractivity contribution in [3.63, 3.8) is 0 Å². The molecule has 0 unspecified atom stereocenters. The summed E-state index contributed by atoms with van der Waals surface area (Å²) in [7, 11) is 0. The second-order valence-corrected chi connectivity index (χ2v) is 5.32. The van der Waals surface area contributed by atoms with E-state index in [2.05, 4.69) is 15.3 Å². The molecule has 0 aliphatic carbocycles. The Bertz CT molecular complexity index is 826. The number of amides is 1. The number of pyridine rings is 1. The zero-order chi connectivity index (χ0) is 14.7. The van der Waals surface area contributed by atoms with Crippen molar-refractivity contribution in [3.05, 3.63) is 63.1 Å². The van der Waals surface area contributed by atoms with E-state index in [0.717, 1.165) is 5.01 Å². The predicted octanol–water partition coefficient (Wildman–Crippen LogP) is 1.12. The van der Waals surface area contributed by atoms with Crippen molar-refractivity contribution in [2.24, 2.45) is 0 Å². The first kappa shape index (κ1) is 13.4. The van der Waals surface area contributed by atoms with E-state index in [4.69, 9.17) is 0 Å². The van der Waals surface area contributed by atoms with Gasteiger partial charge < -0.3 is 5.32 Å². The smallest absolute Gasteiger partial charge is 0.270 e. The van der Waals surface area contributed by atoms with Crippen molar-refractivity contribution in [2.45, 2.75) is 6.42 Å². The number of fused-ring (bicyclic) bond motifs is 1. The minimum atomic E-state index is -0.415. The average molecular weight is 300 g/mol. The highest BCUT2D eigenvalue weighted by molar-refractivity contribution is 7.09. The van der Waals surface area contributed by atoms with Gasteiger partial charge in [-0.05, 0) is 12.1 Å². The standard InChI is InChI=1S/C14H12N4O2S/c19-13(16-5-4-12-15-6-8-21-12)10-9-17-11-3-1-2-7-18(11)14(10)20/h1-3,6-9H,4-5H2,(H,16,19). The minimum absolute atomic E-state index is 0.0397. The molecular weight excluding hydrogens is 288 g/mol. The number of rotatable bonds is 4. The normalized spacial score (nSPS) is 10.7. The Labute approximate surface area is 124 Å². The second-order valence-electron chi connectivity index (χ2n) is 4.34. The van der Waals surface area contributed by atoms with Crippen LogP contribution in [0, 0.1) is 0 Å². The van der Waals surface area contributed by atoms with Crippen LogP contribution >= 0.6 is 11.3 Å². The summed E-state index contributed by atoms with van der Waals surface area (Å²) in [6, 6.07) is 5.22. The summed E-state index contributed by atoms with van der Waals surface area (Å²) < 4.78 is 1.36. The van der Waals surface area contributed by atoms with Crippen LogP contribution in [0.5, 0.6) is 0 Å². The molecule has 0 spiro atoms. The summed E-state index contributed by atoms with van der Waals surface area (Å²) >= 11 is 1.53. The predicted molar refractivity (Wildman–Crippen MR) is 79.6 cm³/mol. The largest absolute Gasteiger partial charge is 0.351 e. The lowest BCUT2D eigenvalue weighted by atomic mass is 10.3. The molecule has 3 heterocycles. The number of carbonyl (C=O) groups is 1. The lowest BCUT2D eigenvalue weighted by molar-refractivity contribution is 0.0952. The van der Waals surface area contributed by atoms with Crippen molar-refractivity contribution in [1.29, 1.82) is 0 Å². The summed E-state index contributed by atoms with van der Waals surface area (Å²) in [5.74, 6) is -0.415. The molecule has 1 N–H and O–H groups in total. The zero-order valence-corrected chi connectivity index (χ0v) is 11.8. The molecule has 0 aliphatic rings. The van der Waals surface area contributed by atoms with Crippen LogP contribution in [-0.2, 0) is 6.42 Å². The van der Waals surface area contributed by atoms with Crippen molar-refractivity contribution < 1.29 is 4.79 Å². The molecule has 3 aromatic rings. The summed E-state index contributed by atoms with van der Waals surface area (Å²) in [6.07, 6.45) is 5.28. The zero-order valence-electron chi connectivity index (χ0n) is 11.0. The van der Waals surface area contributed by atoms with Gasteiger partial charge in [-0.1, -0.05) is 6.07 Å². The van der Waals surface area contributed by atoms with Gasteiger partial charge in [0, 0.05) is 36.9 Å². The third kappa shape index (κ3) is 2.82. The Morgan fingerprint density at radius 3 is 3.05 bits per heavy atom. The number of hydrogen-bond acceptors (Lipinski definition) is 5.